The van der Waals surface area contributed by atoms with E-state index in [1.54, 1.807) is 7.05 Å². The Morgan fingerprint density at radius 3 is 1.50 bits per heavy atom. The molecule has 0 aromatic rings. The molecule has 0 rings (SSSR count). The summed E-state index contributed by atoms with van der Waals surface area (Å²) in [5, 5.41) is 44.7. The number of nitrogens with zero attached hydrogens (tertiary/aromatic N) is 2. The van der Waals surface area contributed by atoms with Crippen LogP contribution in [0.5, 0.6) is 0 Å². The Bertz CT molecular complexity index is 592. The molecule has 0 aliphatic rings. The smallest absolute Gasteiger partial charge is 0.221 e. The first-order chi connectivity index (χ1) is 18.2. The maximum atomic E-state index is 11.9. The van der Waals surface area contributed by atoms with E-state index in [1.165, 1.54) is 0 Å². The number of hydrogen-bond donors (Lipinski definition) is 10. The van der Waals surface area contributed by atoms with E-state index < -0.39 is 12.2 Å². The molecule has 2 amide bonds. The maximum Gasteiger partial charge on any atom is 0.221 e. The monoisotopic (exact) mass is 552 g/mol. The molecule has 0 spiro atoms. The van der Waals surface area contributed by atoms with E-state index in [2.05, 4.69) is 16.0 Å². The first-order valence-electron chi connectivity index (χ1n) is 13.0. The minimum atomic E-state index is -0.780. The van der Waals surface area contributed by atoms with Crippen LogP contribution in [0.25, 0.3) is 0 Å². The molecular formula is C23H52N8O7. The molecule has 0 aliphatic heterocycles. The average Bonchev–Trinajstić information content (AvgIpc) is 2.92. The van der Waals surface area contributed by atoms with Crippen molar-refractivity contribution in [3.63, 3.8) is 0 Å². The summed E-state index contributed by atoms with van der Waals surface area (Å²) in [6.45, 7) is 4.02. The van der Waals surface area contributed by atoms with Gasteiger partial charge in [0.05, 0.1) is 24.9 Å². The highest BCUT2D eigenvalue weighted by Crippen LogP contribution is 1.99. The molecule has 15 heteroatoms. The van der Waals surface area contributed by atoms with Gasteiger partial charge in [0.2, 0.25) is 11.8 Å². The van der Waals surface area contributed by atoms with Crippen LogP contribution in [0.15, 0.2) is 0 Å². The number of aliphatic hydroxyl groups excluding tert-OH is 4. The molecule has 0 radical (unpaired) electrons. The van der Waals surface area contributed by atoms with Gasteiger partial charge in [0.15, 0.2) is 0 Å². The van der Waals surface area contributed by atoms with Gasteiger partial charge in [-0.3, -0.25) is 14.5 Å². The molecule has 3 atom stereocenters. The SMILES string of the molecule is CNCC(O)CN.NCC(O)CNC(=O)CCN(CCO)CCN(CCC=O)CCC(=O)NCC(O)CN. The highest BCUT2D eigenvalue weighted by Gasteiger charge is 2.13. The Hall–Kier alpha value is -1.79. The number of hydrogen-bond acceptors (Lipinski definition) is 13. The lowest BCUT2D eigenvalue weighted by atomic mass is 10.3. The first-order valence-corrected chi connectivity index (χ1v) is 13.0. The number of nitrogens with one attached hydrogen (secondary N) is 3. The van der Waals surface area contributed by atoms with Crippen LogP contribution in [0.2, 0.25) is 0 Å². The average molecular weight is 553 g/mol. The quantitative estimate of drug-likeness (QED) is 0.0531. The van der Waals surface area contributed by atoms with Gasteiger partial charge in [0.25, 0.3) is 0 Å². The van der Waals surface area contributed by atoms with E-state index in [9.17, 15) is 29.7 Å². The molecule has 38 heavy (non-hydrogen) atoms. The van der Waals surface area contributed by atoms with Gasteiger partial charge >= 0.3 is 0 Å². The van der Waals surface area contributed by atoms with Crippen molar-refractivity contribution in [2.24, 2.45) is 17.2 Å². The van der Waals surface area contributed by atoms with Gasteiger partial charge in [0, 0.05) is 97.8 Å². The Kier molecular flexibility index (Phi) is 27.1. The molecule has 0 aromatic heterocycles. The Labute approximate surface area is 226 Å². The standard InChI is InChI=1S/C19H40N6O6.C4H12N2O/c20-12-16(28)14-22-18(30)2-5-24(4-1-10-26)7-8-25(9-11-27)6-3-19(31)23-15-17(29)13-21;1-6-3-4(7)2-5/h10,16-17,27-29H,1-9,11-15,20-21H2,(H,22,30)(H,23,31);4,6-7H,2-3,5H2,1H3. The molecule has 0 fully saturated rings. The molecule has 0 saturated carbocycles. The normalized spacial score (nSPS) is 13.4. The number of aldehydes is 1. The van der Waals surface area contributed by atoms with Crippen molar-refractivity contribution < 1.29 is 34.8 Å². The van der Waals surface area contributed by atoms with Crippen molar-refractivity contribution in [2.45, 2.75) is 37.6 Å². The Morgan fingerprint density at radius 1 is 0.737 bits per heavy atom. The molecule has 3 unspecified atom stereocenters. The van der Waals surface area contributed by atoms with Crippen molar-refractivity contribution in [3.05, 3.63) is 0 Å². The second kappa shape index (κ2) is 26.8. The van der Waals surface area contributed by atoms with E-state index in [0.29, 0.717) is 58.8 Å². The lowest BCUT2D eigenvalue weighted by Gasteiger charge is -2.27. The Morgan fingerprint density at radius 2 is 1.16 bits per heavy atom. The molecule has 15 nitrogen and oxygen atoms in total. The summed E-state index contributed by atoms with van der Waals surface area (Å²) in [6, 6.07) is 0. The van der Waals surface area contributed by atoms with Crippen molar-refractivity contribution in [1.29, 1.82) is 0 Å². The minimum Gasteiger partial charge on any atom is -0.395 e. The van der Waals surface area contributed by atoms with Gasteiger partial charge in [-0.1, -0.05) is 0 Å². The van der Waals surface area contributed by atoms with E-state index in [0.717, 1.165) is 6.29 Å². The van der Waals surface area contributed by atoms with Gasteiger partial charge in [-0.05, 0) is 7.05 Å². The van der Waals surface area contributed by atoms with Gasteiger partial charge in [-0.2, -0.15) is 0 Å². The highest BCUT2D eigenvalue weighted by atomic mass is 16.3. The number of nitrogens with two attached hydrogens (primary N) is 3. The summed E-state index contributed by atoms with van der Waals surface area (Å²) in [7, 11) is 1.78. The summed E-state index contributed by atoms with van der Waals surface area (Å²) >= 11 is 0. The summed E-state index contributed by atoms with van der Waals surface area (Å²) in [5.74, 6) is -0.434. The van der Waals surface area contributed by atoms with Gasteiger partial charge in [0.1, 0.15) is 6.29 Å². The molecule has 0 aromatic carbocycles. The van der Waals surface area contributed by atoms with E-state index in [-0.39, 0.29) is 63.5 Å². The molecule has 0 saturated heterocycles. The minimum absolute atomic E-state index is 0.0618. The van der Waals surface area contributed by atoms with Gasteiger partial charge < -0.3 is 63.3 Å². The molecule has 0 aliphatic carbocycles. The number of aliphatic hydroxyl groups is 4. The van der Waals surface area contributed by atoms with Crippen molar-refractivity contribution in [1.82, 2.24) is 25.8 Å². The molecule has 13 N–H and O–H groups in total. The van der Waals surface area contributed by atoms with Gasteiger partial charge in [-0.25, -0.2) is 0 Å². The largest absolute Gasteiger partial charge is 0.395 e. The predicted octanol–water partition coefficient (Wildman–Crippen LogP) is -5.65. The fraction of sp³-hybridized carbons (Fsp3) is 0.870. The van der Waals surface area contributed by atoms with E-state index in [1.807, 2.05) is 9.80 Å². The summed E-state index contributed by atoms with van der Waals surface area (Å²) in [6.07, 6.45) is -0.377. The van der Waals surface area contributed by atoms with Crippen molar-refractivity contribution in [3.8, 4) is 0 Å². The lowest BCUT2D eigenvalue weighted by Crippen LogP contribution is -2.41. The second-order valence-corrected chi connectivity index (χ2v) is 8.70. The topological polar surface area (TPSA) is 253 Å². The zero-order valence-corrected chi connectivity index (χ0v) is 22.8. The number of carbonyl (C=O) groups excluding carboxylic acids is 3. The third-order valence-electron chi connectivity index (χ3n) is 5.35. The van der Waals surface area contributed by atoms with Crippen LogP contribution in [-0.2, 0) is 14.4 Å². The third-order valence-corrected chi connectivity index (χ3v) is 5.35. The highest BCUT2D eigenvalue weighted by molar-refractivity contribution is 5.76. The third kappa shape index (κ3) is 24.5. The zero-order valence-electron chi connectivity index (χ0n) is 22.8. The second-order valence-electron chi connectivity index (χ2n) is 8.70. The molecule has 0 bridgehead atoms. The summed E-state index contributed by atoms with van der Waals surface area (Å²) in [5.41, 5.74) is 15.7. The Balaban J connectivity index is 0. The van der Waals surface area contributed by atoms with Crippen LogP contribution >= 0.6 is 0 Å². The van der Waals surface area contributed by atoms with E-state index >= 15 is 0 Å². The predicted molar refractivity (Wildman–Crippen MR) is 145 cm³/mol. The van der Waals surface area contributed by atoms with Crippen LogP contribution < -0.4 is 33.2 Å². The number of amides is 2. The van der Waals surface area contributed by atoms with Crippen LogP contribution in [0.1, 0.15) is 19.3 Å². The fourth-order valence-corrected chi connectivity index (χ4v) is 2.98. The molecule has 226 valence electrons. The first kappa shape index (κ1) is 38.4. The lowest BCUT2D eigenvalue weighted by molar-refractivity contribution is -0.122. The molecular weight excluding hydrogens is 500 g/mol. The number of rotatable bonds is 23. The maximum absolute atomic E-state index is 11.9. The van der Waals surface area contributed by atoms with Crippen LogP contribution in [0, 0.1) is 0 Å². The number of likely N-dealkylation sites (N-methyl/N-ethyl adjacent to an activating group) is 1. The number of carbonyl (C=O) groups is 3. The van der Waals surface area contributed by atoms with Crippen molar-refractivity contribution >= 4 is 18.1 Å². The zero-order chi connectivity index (χ0) is 29.2. The fourth-order valence-electron chi connectivity index (χ4n) is 2.98. The van der Waals surface area contributed by atoms with Crippen LogP contribution in [0.3, 0.4) is 0 Å². The summed E-state index contributed by atoms with van der Waals surface area (Å²) in [4.78, 5) is 38.4. The van der Waals surface area contributed by atoms with Gasteiger partial charge in [-0.15, -0.1) is 0 Å². The molecule has 0 heterocycles. The van der Waals surface area contributed by atoms with Crippen molar-refractivity contribution in [2.75, 3.05) is 92.2 Å². The summed E-state index contributed by atoms with van der Waals surface area (Å²) < 4.78 is 0. The van der Waals surface area contributed by atoms with Crippen LogP contribution in [-0.4, -0.2) is 159 Å². The van der Waals surface area contributed by atoms with E-state index in [4.69, 9.17) is 22.3 Å². The van der Waals surface area contributed by atoms with Crippen LogP contribution in [0.4, 0.5) is 0 Å².